The maximum absolute atomic E-state index is 12.8. The van der Waals surface area contributed by atoms with Crippen molar-refractivity contribution in [2.24, 2.45) is 11.8 Å². The van der Waals surface area contributed by atoms with Gasteiger partial charge in [0, 0.05) is 25.1 Å². The summed E-state index contributed by atoms with van der Waals surface area (Å²) >= 11 is 0. The summed E-state index contributed by atoms with van der Waals surface area (Å²) in [5, 5.41) is 3.11. The van der Waals surface area contributed by atoms with Crippen LogP contribution in [0.2, 0.25) is 0 Å². The van der Waals surface area contributed by atoms with Gasteiger partial charge < -0.3 is 13.9 Å². The Morgan fingerprint density at radius 1 is 1.27 bits per heavy atom. The first kappa shape index (κ1) is 18.1. The standard InChI is InChI=1S/C17H20N2O7/c1-19-14(21)11-12(15(19)22)17(16(23)25-3,6-4-10(20)24-2)18-13(11)9-5-7-26-8-9/h5,7-8,11-13,18H,4,6H2,1-3H3/t11-,12-,13-,17-/m0/s1. The number of esters is 2. The largest absolute Gasteiger partial charge is 0.472 e. The van der Waals surface area contributed by atoms with Gasteiger partial charge in [-0.1, -0.05) is 0 Å². The molecule has 9 nitrogen and oxygen atoms in total. The molecule has 4 atom stereocenters. The number of nitrogens with one attached hydrogen (secondary N) is 1. The van der Waals surface area contributed by atoms with Crippen molar-refractivity contribution in [3.63, 3.8) is 0 Å². The highest BCUT2D eigenvalue weighted by molar-refractivity contribution is 6.09. The summed E-state index contributed by atoms with van der Waals surface area (Å²) in [6.07, 6.45) is 2.77. The summed E-state index contributed by atoms with van der Waals surface area (Å²) in [4.78, 5) is 50.9. The maximum Gasteiger partial charge on any atom is 0.326 e. The average Bonchev–Trinajstić information content (AvgIpc) is 3.34. The normalized spacial score (nSPS) is 30.4. The number of likely N-dealkylation sites (tertiary alicyclic amines) is 1. The minimum Gasteiger partial charge on any atom is -0.472 e. The molecule has 0 spiro atoms. The number of ether oxygens (including phenoxy) is 2. The van der Waals surface area contributed by atoms with Crippen molar-refractivity contribution in [3.8, 4) is 0 Å². The highest BCUT2D eigenvalue weighted by Gasteiger charge is 2.68. The molecular weight excluding hydrogens is 344 g/mol. The molecule has 0 radical (unpaired) electrons. The molecule has 2 saturated heterocycles. The lowest BCUT2D eigenvalue weighted by Gasteiger charge is -2.31. The van der Waals surface area contributed by atoms with E-state index >= 15 is 0 Å². The van der Waals surface area contributed by atoms with E-state index in [4.69, 9.17) is 9.15 Å². The van der Waals surface area contributed by atoms with E-state index in [1.54, 1.807) is 6.07 Å². The third-order valence-corrected chi connectivity index (χ3v) is 5.28. The molecule has 9 heteroatoms. The number of fused-ring (bicyclic) bond motifs is 1. The fourth-order valence-electron chi connectivity index (χ4n) is 3.99. The second-order valence-electron chi connectivity index (χ2n) is 6.46. The van der Waals surface area contributed by atoms with E-state index in [1.165, 1.54) is 33.8 Å². The fraction of sp³-hybridized carbons (Fsp3) is 0.529. The van der Waals surface area contributed by atoms with E-state index in [-0.39, 0.29) is 18.7 Å². The fourth-order valence-corrected chi connectivity index (χ4v) is 3.99. The van der Waals surface area contributed by atoms with Crippen LogP contribution >= 0.6 is 0 Å². The van der Waals surface area contributed by atoms with E-state index in [0.29, 0.717) is 5.56 Å². The number of carbonyl (C=O) groups is 4. The highest BCUT2D eigenvalue weighted by Crippen LogP contribution is 2.50. The van der Waals surface area contributed by atoms with Crippen molar-refractivity contribution in [2.75, 3.05) is 21.3 Å². The summed E-state index contributed by atoms with van der Waals surface area (Å²) in [6, 6.07) is 1.05. The predicted molar refractivity (Wildman–Crippen MR) is 85.3 cm³/mol. The third-order valence-electron chi connectivity index (χ3n) is 5.28. The van der Waals surface area contributed by atoms with Crippen LogP contribution in [0.3, 0.4) is 0 Å². The number of amides is 2. The molecule has 1 aromatic heterocycles. The Bertz CT molecular complexity index is 744. The van der Waals surface area contributed by atoms with Crippen LogP contribution in [0, 0.1) is 11.8 Å². The van der Waals surface area contributed by atoms with Gasteiger partial charge in [-0.3, -0.25) is 29.4 Å². The quantitative estimate of drug-likeness (QED) is 0.574. The Labute approximate surface area is 149 Å². The second-order valence-corrected chi connectivity index (χ2v) is 6.46. The maximum atomic E-state index is 12.8. The number of imide groups is 1. The van der Waals surface area contributed by atoms with Crippen molar-refractivity contribution in [1.29, 1.82) is 0 Å². The molecule has 2 aliphatic heterocycles. The van der Waals surface area contributed by atoms with Crippen LogP contribution in [0.25, 0.3) is 0 Å². The topological polar surface area (TPSA) is 115 Å². The van der Waals surface area contributed by atoms with E-state index in [9.17, 15) is 19.2 Å². The molecule has 3 rings (SSSR count). The van der Waals surface area contributed by atoms with Crippen LogP contribution in [-0.2, 0) is 28.7 Å². The summed E-state index contributed by atoms with van der Waals surface area (Å²) in [5.74, 6) is -3.85. The first-order valence-electron chi connectivity index (χ1n) is 8.13. The summed E-state index contributed by atoms with van der Waals surface area (Å²) in [5.41, 5.74) is -0.868. The molecule has 0 saturated carbocycles. The Hall–Kier alpha value is -2.68. The van der Waals surface area contributed by atoms with Crippen LogP contribution in [0.4, 0.5) is 0 Å². The molecule has 2 amide bonds. The van der Waals surface area contributed by atoms with Crippen molar-refractivity contribution in [2.45, 2.75) is 24.4 Å². The van der Waals surface area contributed by atoms with Gasteiger partial charge in [0.15, 0.2) is 0 Å². The lowest BCUT2D eigenvalue weighted by Crippen LogP contribution is -2.56. The lowest BCUT2D eigenvalue weighted by atomic mass is 9.77. The first-order valence-corrected chi connectivity index (χ1v) is 8.13. The summed E-state index contributed by atoms with van der Waals surface area (Å²) in [7, 11) is 3.83. The molecule has 2 fully saturated rings. The minimum atomic E-state index is -1.51. The van der Waals surface area contributed by atoms with E-state index in [2.05, 4.69) is 10.1 Å². The number of rotatable bonds is 5. The number of hydrogen-bond donors (Lipinski definition) is 1. The van der Waals surface area contributed by atoms with Crippen molar-refractivity contribution < 1.29 is 33.1 Å². The number of carbonyl (C=O) groups excluding carboxylic acids is 4. The summed E-state index contributed by atoms with van der Waals surface area (Å²) in [6.45, 7) is 0. The Morgan fingerprint density at radius 2 is 2.00 bits per heavy atom. The van der Waals surface area contributed by atoms with Crippen LogP contribution in [0.5, 0.6) is 0 Å². The monoisotopic (exact) mass is 364 g/mol. The number of furan rings is 1. The zero-order valence-electron chi connectivity index (χ0n) is 14.7. The molecule has 0 aliphatic carbocycles. The molecule has 140 valence electrons. The first-order chi connectivity index (χ1) is 12.4. The van der Waals surface area contributed by atoms with E-state index in [0.717, 1.165) is 4.90 Å². The van der Waals surface area contributed by atoms with Gasteiger partial charge in [-0.2, -0.15) is 0 Å². The van der Waals surface area contributed by atoms with E-state index in [1.807, 2.05) is 0 Å². The van der Waals surface area contributed by atoms with Gasteiger partial charge in [0.2, 0.25) is 11.8 Å². The molecule has 0 bridgehead atoms. The molecular formula is C17H20N2O7. The molecule has 1 aromatic rings. The number of hydrogen-bond acceptors (Lipinski definition) is 8. The Balaban J connectivity index is 2.07. The van der Waals surface area contributed by atoms with Gasteiger partial charge in [0.05, 0.1) is 38.6 Å². The van der Waals surface area contributed by atoms with Crippen molar-refractivity contribution in [3.05, 3.63) is 24.2 Å². The molecule has 2 aliphatic rings. The smallest absolute Gasteiger partial charge is 0.326 e. The van der Waals surface area contributed by atoms with Gasteiger partial charge in [-0.25, -0.2) is 0 Å². The van der Waals surface area contributed by atoms with Gasteiger partial charge >= 0.3 is 11.9 Å². The number of methoxy groups -OCH3 is 2. The van der Waals surface area contributed by atoms with Crippen molar-refractivity contribution >= 4 is 23.8 Å². The molecule has 0 unspecified atom stereocenters. The predicted octanol–water partition coefficient (Wildman–Crippen LogP) is 0.0199. The Morgan fingerprint density at radius 3 is 2.58 bits per heavy atom. The zero-order chi connectivity index (χ0) is 19.1. The number of nitrogens with zero attached hydrogens (tertiary/aromatic N) is 1. The van der Waals surface area contributed by atoms with Gasteiger partial charge in [0.25, 0.3) is 0 Å². The molecule has 26 heavy (non-hydrogen) atoms. The van der Waals surface area contributed by atoms with Gasteiger partial charge in [0.1, 0.15) is 5.54 Å². The molecule has 1 N–H and O–H groups in total. The van der Waals surface area contributed by atoms with Crippen LogP contribution in [0.15, 0.2) is 23.0 Å². The summed E-state index contributed by atoms with van der Waals surface area (Å²) < 4.78 is 14.7. The van der Waals surface area contributed by atoms with Crippen LogP contribution in [-0.4, -0.2) is 55.5 Å². The Kier molecular flexibility index (Phi) is 4.57. The SMILES string of the molecule is COC(=O)CC[C@]1(C(=O)OC)N[C@@H](c2ccoc2)[C@H]2C(=O)N(C)C(=O)[C@H]21. The minimum absolute atomic E-state index is 0.0330. The van der Waals surface area contributed by atoms with Gasteiger partial charge in [-0.15, -0.1) is 0 Å². The molecule has 0 aromatic carbocycles. The lowest BCUT2D eigenvalue weighted by molar-refractivity contribution is -0.155. The third kappa shape index (κ3) is 2.50. The van der Waals surface area contributed by atoms with Gasteiger partial charge in [-0.05, 0) is 12.5 Å². The molecule has 3 heterocycles. The average molecular weight is 364 g/mol. The van der Waals surface area contributed by atoms with Crippen LogP contribution < -0.4 is 5.32 Å². The zero-order valence-corrected chi connectivity index (χ0v) is 14.7. The van der Waals surface area contributed by atoms with E-state index < -0.39 is 41.3 Å². The highest BCUT2D eigenvalue weighted by atomic mass is 16.5. The second kappa shape index (κ2) is 6.56. The van der Waals surface area contributed by atoms with Crippen LogP contribution in [0.1, 0.15) is 24.4 Å². The van der Waals surface area contributed by atoms with Crippen molar-refractivity contribution in [1.82, 2.24) is 10.2 Å².